The molecule has 3 heteroatoms. The maximum absolute atomic E-state index is 11.8. The summed E-state index contributed by atoms with van der Waals surface area (Å²) in [5.41, 5.74) is 0. The second kappa shape index (κ2) is 10.2. The zero-order valence-corrected chi connectivity index (χ0v) is 12.4. The summed E-state index contributed by atoms with van der Waals surface area (Å²) < 4.78 is 5.54. The summed E-state index contributed by atoms with van der Waals surface area (Å²) in [6, 6.07) is 0. The number of cyclic esters (lactones) is 1. The Kier molecular flexibility index (Phi) is 8.89. The average molecular weight is 270 g/mol. The molecule has 1 aliphatic rings. The van der Waals surface area contributed by atoms with Gasteiger partial charge in [0.15, 0.2) is 0 Å². The van der Waals surface area contributed by atoms with E-state index < -0.39 is 6.10 Å². The van der Waals surface area contributed by atoms with Crippen LogP contribution in [0.1, 0.15) is 84.0 Å². The van der Waals surface area contributed by atoms with Gasteiger partial charge in [-0.3, -0.25) is 4.79 Å². The van der Waals surface area contributed by atoms with Gasteiger partial charge >= 0.3 is 5.97 Å². The molecule has 0 saturated carbocycles. The molecule has 0 amide bonds. The highest BCUT2D eigenvalue weighted by Crippen LogP contribution is 2.18. The Hall–Kier alpha value is -0.570. The van der Waals surface area contributed by atoms with E-state index in [0.29, 0.717) is 0 Å². The van der Waals surface area contributed by atoms with Crippen LogP contribution in [0.2, 0.25) is 0 Å². The number of aliphatic hydroxyl groups is 1. The number of unbranched alkanes of at least 4 members (excludes halogenated alkanes) is 1. The molecule has 1 rings (SSSR count). The van der Waals surface area contributed by atoms with Crippen LogP contribution in [0.25, 0.3) is 0 Å². The van der Waals surface area contributed by atoms with Crippen LogP contribution in [0.5, 0.6) is 0 Å². The van der Waals surface area contributed by atoms with Crippen LogP contribution < -0.4 is 0 Å². The minimum absolute atomic E-state index is 0.0698. The van der Waals surface area contributed by atoms with Gasteiger partial charge in [0.2, 0.25) is 0 Å². The largest absolute Gasteiger partial charge is 0.462 e. The lowest BCUT2D eigenvalue weighted by Crippen LogP contribution is -2.22. The Balaban J connectivity index is 2.44. The van der Waals surface area contributed by atoms with E-state index in [1.54, 1.807) is 0 Å². The van der Waals surface area contributed by atoms with Gasteiger partial charge < -0.3 is 9.84 Å². The summed E-state index contributed by atoms with van der Waals surface area (Å²) in [4.78, 5) is 11.8. The predicted molar refractivity (Wildman–Crippen MR) is 77.0 cm³/mol. The fourth-order valence-electron chi connectivity index (χ4n) is 2.68. The van der Waals surface area contributed by atoms with Gasteiger partial charge in [-0.25, -0.2) is 0 Å². The van der Waals surface area contributed by atoms with Crippen LogP contribution in [0.15, 0.2) is 0 Å². The van der Waals surface area contributed by atoms with Crippen molar-refractivity contribution in [2.24, 2.45) is 0 Å². The van der Waals surface area contributed by atoms with Crippen molar-refractivity contribution in [2.75, 3.05) is 0 Å². The van der Waals surface area contributed by atoms with Gasteiger partial charge in [0.05, 0.1) is 12.5 Å². The molecular weight excluding hydrogens is 240 g/mol. The predicted octanol–water partition coefficient (Wildman–Crippen LogP) is 3.97. The van der Waals surface area contributed by atoms with E-state index in [1.807, 2.05) is 0 Å². The van der Waals surface area contributed by atoms with Gasteiger partial charge in [0.1, 0.15) is 6.10 Å². The molecule has 1 unspecified atom stereocenters. The van der Waals surface area contributed by atoms with Gasteiger partial charge in [0, 0.05) is 0 Å². The summed E-state index contributed by atoms with van der Waals surface area (Å²) in [6.07, 6.45) is 11.8. The molecule has 112 valence electrons. The summed E-state index contributed by atoms with van der Waals surface area (Å²) >= 11 is 0. The Morgan fingerprint density at radius 2 is 1.74 bits per heavy atom. The molecule has 0 aromatic heterocycles. The van der Waals surface area contributed by atoms with Crippen LogP contribution in [0.4, 0.5) is 0 Å². The molecular formula is C16H30O3. The Bertz CT molecular complexity index is 240. The van der Waals surface area contributed by atoms with Crippen molar-refractivity contribution in [2.45, 2.75) is 96.2 Å². The molecule has 0 aromatic rings. The maximum Gasteiger partial charge on any atom is 0.308 e. The van der Waals surface area contributed by atoms with Crippen LogP contribution in [-0.2, 0) is 9.53 Å². The van der Waals surface area contributed by atoms with Gasteiger partial charge in [-0.15, -0.1) is 0 Å². The number of aliphatic hydroxyl groups excluding tert-OH is 1. The molecule has 1 heterocycles. The molecule has 1 aliphatic heterocycles. The van der Waals surface area contributed by atoms with E-state index in [2.05, 4.69) is 6.92 Å². The van der Waals surface area contributed by atoms with Crippen LogP contribution in [0.3, 0.4) is 0 Å². The highest BCUT2D eigenvalue weighted by atomic mass is 16.5. The Labute approximate surface area is 117 Å². The third-order valence-corrected chi connectivity index (χ3v) is 3.89. The van der Waals surface area contributed by atoms with Crippen LogP contribution >= 0.6 is 0 Å². The zero-order chi connectivity index (χ0) is 13.9. The third-order valence-electron chi connectivity index (χ3n) is 3.89. The van der Waals surface area contributed by atoms with Crippen molar-refractivity contribution >= 4 is 5.97 Å². The van der Waals surface area contributed by atoms with Gasteiger partial charge in [-0.05, 0) is 25.7 Å². The molecule has 1 N–H and O–H groups in total. The number of ether oxygens (including phenoxy) is 1. The summed E-state index contributed by atoms with van der Waals surface area (Å²) in [6.45, 7) is 2.16. The second-order valence-corrected chi connectivity index (χ2v) is 5.81. The lowest BCUT2D eigenvalue weighted by molar-refractivity contribution is -0.152. The minimum atomic E-state index is -0.514. The van der Waals surface area contributed by atoms with Gasteiger partial charge in [0.25, 0.3) is 0 Å². The van der Waals surface area contributed by atoms with Crippen LogP contribution in [-0.4, -0.2) is 23.3 Å². The Morgan fingerprint density at radius 3 is 2.42 bits per heavy atom. The fourth-order valence-corrected chi connectivity index (χ4v) is 2.68. The smallest absolute Gasteiger partial charge is 0.308 e. The highest BCUT2D eigenvalue weighted by molar-refractivity contribution is 5.70. The molecule has 3 nitrogen and oxygen atoms in total. The zero-order valence-electron chi connectivity index (χ0n) is 12.4. The molecule has 1 saturated heterocycles. The fraction of sp³-hybridized carbons (Fsp3) is 0.938. The lowest BCUT2D eigenvalue weighted by atomic mass is 10.0. The molecule has 0 radical (unpaired) electrons. The van der Waals surface area contributed by atoms with Crippen molar-refractivity contribution < 1.29 is 14.6 Å². The van der Waals surface area contributed by atoms with Gasteiger partial charge in [-0.1, -0.05) is 51.9 Å². The van der Waals surface area contributed by atoms with Crippen molar-refractivity contribution in [1.29, 1.82) is 0 Å². The number of rotatable bonds is 3. The average Bonchev–Trinajstić information content (AvgIpc) is 2.38. The second-order valence-electron chi connectivity index (χ2n) is 5.81. The topological polar surface area (TPSA) is 46.5 Å². The first-order chi connectivity index (χ1) is 9.22. The maximum atomic E-state index is 11.8. The standard InChI is InChI=1S/C16H30O3/c1-2-3-11-15-12-9-7-5-4-6-8-10-14(17)13-16(18)19-15/h14-15,17H,2-13H2,1H3/t14-,15?/m1/s1. The van der Waals surface area contributed by atoms with Crippen molar-refractivity contribution in [3.05, 3.63) is 0 Å². The Morgan fingerprint density at radius 1 is 1.11 bits per heavy atom. The summed E-state index contributed by atoms with van der Waals surface area (Å²) in [5.74, 6) is -0.215. The van der Waals surface area contributed by atoms with E-state index in [1.165, 1.54) is 25.7 Å². The number of carbonyl (C=O) groups is 1. The van der Waals surface area contributed by atoms with Gasteiger partial charge in [-0.2, -0.15) is 0 Å². The molecule has 19 heavy (non-hydrogen) atoms. The quantitative estimate of drug-likeness (QED) is 0.789. The third kappa shape index (κ3) is 8.25. The lowest BCUT2D eigenvalue weighted by Gasteiger charge is -2.18. The van der Waals surface area contributed by atoms with E-state index >= 15 is 0 Å². The number of hydrogen-bond acceptors (Lipinski definition) is 3. The van der Waals surface area contributed by atoms with Crippen LogP contribution in [0, 0.1) is 0 Å². The molecule has 1 fully saturated rings. The van der Waals surface area contributed by atoms with E-state index in [4.69, 9.17) is 4.74 Å². The minimum Gasteiger partial charge on any atom is -0.462 e. The molecule has 2 atom stereocenters. The van der Waals surface area contributed by atoms with E-state index in [0.717, 1.165) is 44.9 Å². The van der Waals surface area contributed by atoms with E-state index in [9.17, 15) is 9.90 Å². The number of hydrogen-bond donors (Lipinski definition) is 1. The summed E-state index contributed by atoms with van der Waals surface area (Å²) in [5, 5.41) is 9.80. The first-order valence-corrected chi connectivity index (χ1v) is 8.10. The van der Waals surface area contributed by atoms with Crippen molar-refractivity contribution in [3.63, 3.8) is 0 Å². The summed E-state index contributed by atoms with van der Waals surface area (Å²) in [7, 11) is 0. The molecule has 0 aromatic carbocycles. The normalized spacial score (nSPS) is 27.8. The molecule has 0 aliphatic carbocycles. The first kappa shape index (κ1) is 16.5. The number of esters is 1. The molecule has 0 spiro atoms. The monoisotopic (exact) mass is 270 g/mol. The highest BCUT2D eigenvalue weighted by Gasteiger charge is 2.17. The first-order valence-electron chi connectivity index (χ1n) is 8.10. The van der Waals surface area contributed by atoms with Crippen molar-refractivity contribution in [1.82, 2.24) is 0 Å². The van der Waals surface area contributed by atoms with E-state index in [-0.39, 0.29) is 18.5 Å². The SMILES string of the molecule is CCCCC1CCCCCCCC[C@@H](O)CC(=O)O1. The molecule has 0 bridgehead atoms. The van der Waals surface area contributed by atoms with Crippen molar-refractivity contribution in [3.8, 4) is 0 Å². The number of carbonyl (C=O) groups excluding carboxylic acids is 1.